The van der Waals surface area contributed by atoms with Gasteiger partial charge in [0.1, 0.15) is 0 Å². The Morgan fingerprint density at radius 1 is 1.22 bits per heavy atom. The van der Waals surface area contributed by atoms with Crippen molar-refractivity contribution in [3.05, 3.63) is 24.3 Å². The molecule has 0 bridgehead atoms. The maximum Gasteiger partial charge on any atom is 0.411 e. The lowest BCUT2D eigenvalue weighted by atomic mass is 10.3. The summed E-state index contributed by atoms with van der Waals surface area (Å²) in [5.41, 5.74) is 1.15. The van der Waals surface area contributed by atoms with Crippen LogP contribution in [0.4, 0.5) is 21.0 Å². The quantitative estimate of drug-likeness (QED) is 0.768. The second-order valence-electron chi connectivity index (χ2n) is 3.58. The van der Waals surface area contributed by atoms with E-state index in [0.717, 1.165) is 6.42 Å². The summed E-state index contributed by atoms with van der Waals surface area (Å²) >= 11 is 0. The zero-order chi connectivity index (χ0) is 13.4. The molecule has 0 saturated carbocycles. The largest absolute Gasteiger partial charge is 0.453 e. The van der Waals surface area contributed by atoms with Crippen LogP contribution in [0, 0.1) is 0 Å². The molecule has 0 radical (unpaired) electrons. The summed E-state index contributed by atoms with van der Waals surface area (Å²) in [6, 6.07) is 6.52. The molecule has 6 heteroatoms. The molecular weight excluding hydrogens is 234 g/mol. The molecule has 98 valence electrons. The Morgan fingerprint density at radius 2 is 1.89 bits per heavy atom. The molecule has 3 amide bonds. The first-order valence-corrected chi connectivity index (χ1v) is 5.65. The number of rotatable bonds is 4. The van der Waals surface area contributed by atoms with Crippen molar-refractivity contribution in [1.82, 2.24) is 5.32 Å². The van der Waals surface area contributed by atoms with Gasteiger partial charge in [0.25, 0.3) is 0 Å². The number of benzene rings is 1. The van der Waals surface area contributed by atoms with Crippen molar-refractivity contribution in [3.63, 3.8) is 0 Å². The van der Waals surface area contributed by atoms with Crippen LogP contribution in [0.15, 0.2) is 24.3 Å². The van der Waals surface area contributed by atoms with E-state index in [-0.39, 0.29) is 6.03 Å². The molecule has 1 rings (SSSR count). The summed E-state index contributed by atoms with van der Waals surface area (Å²) in [5.74, 6) is 0. The van der Waals surface area contributed by atoms with E-state index >= 15 is 0 Å². The molecule has 3 N–H and O–H groups in total. The highest BCUT2D eigenvalue weighted by molar-refractivity contribution is 5.91. The fraction of sp³-hybridized carbons (Fsp3) is 0.333. The van der Waals surface area contributed by atoms with Gasteiger partial charge in [0, 0.05) is 17.9 Å². The number of amides is 3. The lowest BCUT2D eigenvalue weighted by molar-refractivity contribution is 0.187. The van der Waals surface area contributed by atoms with Crippen LogP contribution in [0.25, 0.3) is 0 Å². The summed E-state index contributed by atoms with van der Waals surface area (Å²) in [6.07, 6.45) is 0.319. The van der Waals surface area contributed by atoms with Crippen LogP contribution in [-0.2, 0) is 4.74 Å². The minimum Gasteiger partial charge on any atom is -0.453 e. The van der Waals surface area contributed by atoms with E-state index in [2.05, 4.69) is 20.7 Å². The van der Waals surface area contributed by atoms with Crippen LogP contribution >= 0.6 is 0 Å². The summed E-state index contributed by atoms with van der Waals surface area (Å²) in [5, 5.41) is 7.87. The van der Waals surface area contributed by atoms with Gasteiger partial charge in [-0.2, -0.15) is 0 Å². The van der Waals surface area contributed by atoms with Crippen LogP contribution in [-0.4, -0.2) is 25.8 Å². The topological polar surface area (TPSA) is 79.5 Å². The van der Waals surface area contributed by atoms with E-state index < -0.39 is 6.09 Å². The van der Waals surface area contributed by atoms with Gasteiger partial charge in [-0.05, 0) is 24.6 Å². The highest BCUT2D eigenvalue weighted by Gasteiger charge is 2.03. The molecule has 0 atom stereocenters. The first kappa shape index (κ1) is 13.8. The molecule has 0 spiro atoms. The van der Waals surface area contributed by atoms with Crippen molar-refractivity contribution in [3.8, 4) is 0 Å². The molecule has 0 unspecified atom stereocenters. The van der Waals surface area contributed by atoms with E-state index in [0.29, 0.717) is 17.9 Å². The van der Waals surface area contributed by atoms with Crippen molar-refractivity contribution in [2.75, 3.05) is 24.3 Å². The fourth-order valence-electron chi connectivity index (χ4n) is 1.26. The number of methoxy groups -OCH3 is 1. The third-order valence-electron chi connectivity index (χ3n) is 2.09. The second kappa shape index (κ2) is 7.16. The molecule has 0 saturated heterocycles. The van der Waals surface area contributed by atoms with Gasteiger partial charge in [0.05, 0.1) is 7.11 Å². The maximum atomic E-state index is 11.4. The number of carbonyl (C=O) groups excluding carboxylic acids is 2. The Bertz CT molecular complexity index is 421. The smallest absolute Gasteiger partial charge is 0.411 e. The molecule has 0 fully saturated rings. The van der Waals surface area contributed by atoms with Crippen LogP contribution in [0.2, 0.25) is 0 Å². The van der Waals surface area contributed by atoms with Gasteiger partial charge in [-0.25, -0.2) is 9.59 Å². The molecule has 0 aliphatic heterocycles. The highest BCUT2D eigenvalue weighted by atomic mass is 16.5. The summed E-state index contributed by atoms with van der Waals surface area (Å²) in [4.78, 5) is 22.4. The predicted octanol–water partition coefficient (Wildman–Crippen LogP) is 2.40. The predicted molar refractivity (Wildman–Crippen MR) is 69.8 cm³/mol. The van der Waals surface area contributed by atoms with Gasteiger partial charge in [-0.1, -0.05) is 13.0 Å². The van der Waals surface area contributed by atoms with Crippen molar-refractivity contribution in [1.29, 1.82) is 0 Å². The van der Waals surface area contributed by atoms with E-state index in [1.807, 2.05) is 6.92 Å². The van der Waals surface area contributed by atoms with Crippen molar-refractivity contribution in [2.24, 2.45) is 0 Å². The van der Waals surface area contributed by atoms with E-state index in [1.54, 1.807) is 24.3 Å². The monoisotopic (exact) mass is 251 g/mol. The molecule has 18 heavy (non-hydrogen) atoms. The lowest BCUT2D eigenvalue weighted by Gasteiger charge is -2.08. The Kier molecular flexibility index (Phi) is 5.50. The lowest BCUT2D eigenvalue weighted by Crippen LogP contribution is -2.29. The van der Waals surface area contributed by atoms with Gasteiger partial charge in [-0.3, -0.25) is 5.32 Å². The summed E-state index contributed by atoms with van der Waals surface area (Å²) in [6.45, 7) is 2.59. The molecule has 0 aliphatic carbocycles. The van der Waals surface area contributed by atoms with Gasteiger partial charge >= 0.3 is 12.1 Å². The number of urea groups is 1. The number of nitrogens with one attached hydrogen (secondary N) is 3. The fourth-order valence-corrected chi connectivity index (χ4v) is 1.26. The van der Waals surface area contributed by atoms with Gasteiger partial charge in [0.15, 0.2) is 0 Å². The molecule has 1 aromatic rings. The molecule has 1 aromatic carbocycles. The van der Waals surface area contributed by atoms with E-state index in [9.17, 15) is 9.59 Å². The zero-order valence-electron chi connectivity index (χ0n) is 10.4. The van der Waals surface area contributed by atoms with E-state index in [1.165, 1.54) is 7.11 Å². The van der Waals surface area contributed by atoms with Crippen LogP contribution in [0.3, 0.4) is 0 Å². The van der Waals surface area contributed by atoms with Crippen LogP contribution in [0.5, 0.6) is 0 Å². The summed E-state index contributed by atoms with van der Waals surface area (Å²) in [7, 11) is 1.29. The Hall–Kier alpha value is -2.24. The van der Waals surface area contributed by atoms with Gasteiger partial charge < -0.3 is 15.4 Å². The number of anilines is 2. The minimum atomic E-state index is -0.553. The maximum absolute atomic E-state index is 11.4. The van der Waals surface area contributed by atoms with Gasteiger partial charge in [0.2, 0.25) is 0 Å². The number of hydrogen-bond donors (Lipinski definition) is 3. The van der Waals surface area contributed by atoms with Crippen molar-refractivity contribution in [2.45, 2.75) is 13.3 Å². The first-order chi connectivity index (χ1) is 8.65. The van der Waals surface area contributed by atoms with Crippen molar-refractivity contribution < 1.29 is 14.3 Å². The molecule has 0 heterocycles. The first-order valence-electron chi connectivity index (χ1n) is 5.65. The number of hydrogen-bond acceptors (Lipinski definition) is 3. The second-order valence-corrected chi connectivity index (χ2v) is 3.58. The molecule has 0 aliphatic rings. The Labute approximate surface area is 106 Å². The van der Waals surface area contributed by atoms with Crippen LogP contribution < -0.4 is 16.0 Å². The average Bonchev–Trinajstić information content (AvgIpc) is 2.36. The summed E-state index contributed by atoms with van der Waals surface area (Å²) < 4.78 is 4.48. The molecule has 6 nitrogen and oxygen atoms in total. The third kappa shape index (κ3) is 4.73. The van der Waals surface area contributed by atoms with Crippen molar-refractivity contribution >= 4 is 23.5 Å². The van der Waals surface area contributed by atoms with Crippen LogP contribution in [0.1, 0.15) is 13.3 Å². The van der Waals surface area contributed by atoms with Gasteiger partial charge in [-0.15, -0.1) is 0 Å². The average molecular weight is 251 g/mol. The molecule has 0 aromatic heterocycles. The van der Waals surface area contributed by atoms with E-state index in [4.69, 9.17) is 0 Å². The zero-order valence-corrected chi connectivity index (χ0v) is 10.4. The minimum absolute atomic E-state index is 0.271. The highest BCUT2D eigenvalue weighted by Crippen LogP contribution is 2.15. The third-order valence-corrected chi connectivity index (χ3v) is 2.09. The normalized spacial score (nSPS) is 9.44. The SMILES string of the molecule is CCCNC(=O)Nc1cccc(NC(=O)OC)c1. The number of ether oxygens (including phenoxy) is 1. The Balaban J connectivity index is 2.59. The molecular formula is C12H17N3O3. The Morgan fingerprint density at radius 3 is 2.50 bits per heavy atom. The standard InChI is InChI=1S/C12H17N3O3/c1-3-7-13-11(16)14-9-5-4-6-10(8-9)15-12(17)18-2/h4-6,8H,3,7H2,1-2H3,(H,15,17)(H2,13,14,16). The number of carbonyl (C=O) groups is 2.